The highest BCUT2D eigenvalue weighted by Gasteiger charge is 2.01. The molecule has 1 aromatic heterocycles. The van der Waals surface area contributed by atoms with Crippen LogP contribution in [-0.2, 0) is 4.79 Å². The lowest BCUT2D eigenvalue weighted by Crippen LogP contribution is -2.06. The van der Waals surface area contributed by atoms with E-state index < -0.39 is 11.9 Å². The molecule has 0 spiro atoms. The zero-order valence-electron chi connectivity index (χ0n) is 6.95. The lowest BCUT2D eigenvalue weighted by atomic mass is 10.2. The number of hydrogen-bond acceptors (Lipinski definition) is 3. The van der Waals surface area contributed by atoms with Crippen LogP contribution in [0.2, 0.25) is 0 Å². The Labute approximate surface area is 78.9 Å². The van der Waals surface area contributed by atoms with Crippen LogP contribution in [0.4, 0.5) is 4.39 Å². The van der Waals surface area contributed by atoms with Gasteiger partial charge in [-0.25, -0.2) is 4.98 Å². The lowest BCUT2D eigenvalue weighted by molar-refractivity contribution is -0.112. The molecule has 0 atom stereocenters. The molecule has 1 aromatic rings. The van der Waals surface area contributed by atoms with E-state index in [1.54, 1.807) is 0 Å². The monoisotopic (exact) mass is 192 g/mol. The second-order valence-electron chi connectivity index (χ2n) is 2.34. The standard InChI is InChI=1S/C9H5FN2O2/c10-9-7(5-13)3-6(4-12-9)1-2-8(11)14/h3-5H,(H2,11,14). The van der Waals surface area contributed by atoms with Crippen LogP contribution in [0.3, 0.4) is 0 Å². The van der Waals surface area contributed by atoms with Crippen molar-refractivity contribution < 1.29 is 14.0 Å². The summed E-state index contributed by atoms with van der Waals surface area (Å²) in [6.07, 6.45) is 1.43. The third kappa shape index (κ3) is 2.38. The van der Waals surface area contributed by atoms with Crippen molar-refractivity contribution in [2.75, 3.05) is 0 Å². The molecule has 1 heterocycles. The predicted molar refractivity (Wildman–Crippen MR) is 45.7 cm³/mol. The van der Waals surface area contributed by atoms with Gasteiger partial charge in [0.25, 0.3) is 5.91 Å². The molecule has 0 radical (unpaired) electrons. The van der Waals surface area contributed by atoms with Gasteiger partial charge in [0.05, 0.1) is 5.56 Å². The first-order valence-electron chi connectivity index (χ1n) is 3.55. The van der Waals surface area contributed by atoms with Gasteiger partial charge in [-0.2, -0.15) is 4.39 Å². The number of nitrogens with zero attached hydrogens (tertiary/aromatic N) is 1. The number of rotatable bonds is 1. The second-order valence-corrected chi connectivity index (χ2v) is 2.34. The quantitative estimate of drug-likeness (QED) is 0.382. The summed E-state index contributed by atoms with van der Waals surface area (Å²) in [6.45, 7) is 0. The van der Waals surface area contributed by atoms with Crippen LogP contribution in [0.15, 0.2) is 12.3 Å². The van der Waals surface area contributed by atoms with Crippen LogP contribution in [0.25, 0.3) is 0 Å². The number of hydrogen-bond donors (Lipinski definition) is 1. The van der Waals surface area contributed by atoms with Crippen molar-refractivity contribution in [3.8, 4) is 11.8 Å². The Morgan fingerprint density at radius 2 is 2.36 bits per heavy atom. The van der Waals surface area contributed by atoms with Gasteiger partial charge in [-0.3, -0.25) is 9.59 Å². The molecule has 1 amide bonds. The molecule has 0 saturated heterocycles. The molecule has 0 aliphatic carbocycles. The highest BCUT2D eigenvalue weighted by molar-refractivity contribution is 5.92. The number of carbonyl (C=O) groups excluding carboxylic acids is 2. The van der Waals surface area contributed by atoms with Gasteiger partial charge in [-0.05, 0) is 6.07 Å². The van der Waals surface area contributed by atoms with E-state index in [0.29, 0.717) is 6.29 Å². The van der Waals surface area contributed by atoms with E-state index in [1.165, 1.54) is 6.07 Å². The molecule has 0 fully saturated rings. The van der Waals surface area contributed by atoms with Crippen LogP contribution in [0, 0.1) is 17.8 Å². The number of primary amides is 1. The number of nitrogens with two attached hydrogens (primary N) is 1. The molecule has 4 nitrogen and oxygen atoms in total. The van der Waals surface area contributed by atoms with E-state index in [4.69, 9.17) is 5.73 Å². The molecule has 0 unspecified atom stereocenters. The highest BCUT2D eigenvalue weighted by atomic mass is 19.1. The minimum Gasteiger partial charge on any atom is -0.359 e. The average Bonchev–Trinajstić information content (AvgIpc) is 2.16. The molecule has 0 aliphatic rings. The summed E-state index contributed by atoms with van der Waals surface area (Å²) in [5.74, 6) is 2.70. The zero-order valence-corrected chi connectivity index (χ0v) is 6.95. The van der Waals surface area contributed by atoms with Crippen molar-refractivity contribution in [2.45, 2.75) is 0 Å². The van der Waals surface area contributed by atoms with E-state index in [0.717, 1.165) is 6.20 Å². The molecule has 0 aliphatic heterocycles. The smallest absolute Gasteiger partial charge is 0.293 e. The van der Waals surface area contributed by atoms with Crippen molar-refractivity contribution in [2.24, 2.45) is 5.73 Å². The van der Waals surface area contributed by atoms with Gasteiger partial charge in [-0.15, -0.1) is 0 Å². The van der Waals surface area contributed by atoms with E-state index in [1.807, 2.05) is 5.92 Å². The van der Waals surface area contributed by atoms with E-state index >= 15 is 0 Å². The summed E-state index contributed by atoms with van der Waals surface area (Å²) in [5.41, 5.74) is 4.81. The summed E-state index contributed by atoms with van der Waals surface area (Å²) in [7, 11) is 0. The average molecular weight is 192 g/mol. The second kappa shape index (κ2) is 4.14. The Kier molecular flexibility index (Phi) is 2.92. The SMILES string of the molecule is NC(=O)C#Cc1cnc(F)c(C=O)c1. The third-order valence-corrected chi connectivity index (χ3v) is 1.32. The fraction of sp³-hybridized carbons (Fsp3) is 0. The fourth-order valence-corrected chi connectivity index (χ4v) is 0.750. The maximum Gasteiger partial charge on any atom is 0.293 e. The van der Waals surface area contributed by atoms with E-state index in [-0.39, 0.29) is 11.1 Å². The first kappa shape index (κ1) is 9.86. The molecule has 14 heavy (non-hydrogen) atoms. The van der Waals surface area contributed by atoms with E-state index in [9.17, 15) is 14.0 Å². The third-order valence-electron chi connectivity index (χ3n) is 1.32. The molecule has 0 aromatic carbocycles. The topological polar surface area (TPSA) is 73.1 Å². The summed E-state index contributed by atoms with van der Waals surface area (Å²) in [6, 6.07) is 1.19. The van der Waals surface area contributed by atoms with Gasteiger partial charge in [0.1, 0.15) is 0 Å². The first-order chi connectivity index (χ1) is 6.63. The first-order valence-corrected chi connectivity index (χ1v) is 3.55. The van der Waals surface area contributed by atoms with Crippen LogP contribution >= 0.6 is 0 Å². The van der Waals surface area contributed by atoms with Crippen molar-refractivity contribution in [3.63, 3.8) is 0 Å². The Morgan fingerprint density at radius 1 is 1.64 bits per heavy atom. The maximum absolute atomic E-state index is 12.7. The van der Waals surface area contributed by atoms with Crippen molar-refractivity contribution in [1.82, 2.24) is 4.98 Å². The maximum atomic E-state index is 12.7. The summed E-state index contributed by atoms with van der Waals surface area (Å²) in [5, 5.41) is 0. The Balaban J connectivity index is 3.09. The number of aldehydes is 1. The van der Waals surface area contributed by atoms with Crippen LogP contribution in [0.1, 0.15) is 15.9 Å². The summed E-state index contributed by atoms with van der Waals surface area (Å²) in [4.78, 5) is 23.9. The van der Waals surface area contributed by atoms with Crippen LogP contribution in [0.5, 0.6) is 0 Å². The predicted octanol–water partition coefficient (Wildman–Crippen LogP) is -0.130. The normalized spacial score (nSPS) is 8.64. The minimum atomic E-state index is -0.871. The van der Waals surface area contributed by atoms with Gasteiger partial charge in [-0.1, -0.05) is 5.92 Å². The highest BCUT2D eigenvalue weighted by Crippen LogP contribution is 2.03. The Morgan fingerprint density at radius 3 is 2.93 bits per heavy atom. The molecular formula is C9H5FN2O2. The molecule has 0 saturated carbocycles. The molecule has 0 bridgehead atoms. The van der Waals surface area contributed by atoms with Crippen LogP contribution in [-0.4, -0.2) is 17.2 Å². The Bertz CT molecular complexity index is 446. The number of aromatic nitrogens is 1. The minimum absolute atomic E-state index is 0.207. The molecule has 1 rings (SSSR count). The van der Waals surface area contributed by atoms with Crippen molar-refractivity contribution in [1.29, 1.82) is 0 Å². The largest absolute Gasteiger partial charge is 0.359 e. The van der Waals surface area contributed by atoms with Gasteiger partial charge >= 0.3 is 0 Å². The molecule has 70 valence electrons. The fourth-order valence-electron chi connectivity index (χ4n) is 0.750. The number of halogens is 1. The Hall–Kier alpha value is -2.22. The number of carbonyl (C=O) groups is 2. The number of pyridine rings is 1. The zero-order chi connectivity index (χ0) is 10.6. The summed E-state index contributed by atoms with van der Waals surface area (Å²) < 4.78 is 12.7. The molecule has 2 N–H and O–H groups in total. The van der Waals surface area contributed by atoms with Gasteiger partial charge in [0.2, 0.25) is 5.95 Å². The number of amides is 1. The van der Waals surface area contributed by atoms with Gasteiger partial charge in [0, 0.05) is 17.7 Å². The summed E-state index contributed by atoms with van der Waals surface area (Å²) >= 11 is 0. The molecule has 5 heteroatoms. The molecular weight excluding hydrogens is 187 g/mol. The lowest BCUT2D eigenvalue weighted by Gasteiger charge is -1.93. The van der Waals surface area contributed by atoms with Crippen molar-refractivity contribution in [3.05, 3.63) is 29.3 Å². The van der Waals surface area contributed by atoms with E-state index in [2.05, 4.69) is 10.9 Å². The van der Waals surface area contributed by atoms with Gasteiger partial charge in [0.15, 0.2) is 6.29 Å². The van der Waals surface area contributed by atoms with Crippen LogP contribution < -0.4 is 5.73 Å². The van der Waals surface area contributed by atoms with Crippen molar-refractivity contribution >= 4 is 12.2 Å². The van der Waals surface area contributed by atoms with Gasteiger partial charge < -0.3 is 5.73 Å².